The molecule has 0 saturated carbocycles. The topological polar surface area (TPSA) is 30.2 Å². The fourth-order valence-corrected chi connectivity index (χ4v) is 2.74. The van der Waals surface area contributed by atoms with E-state index in [0.29, 0.717) is 21.0 Å². The third-order valence-corrected chi connectivity index (χ3v) is 3.73. The third-order valence-electron chi connectivity index (χ3n) is 3.07. The summed E-state index contributed by atoms with van der Waals surface area (Å²) in [6, 6.07) is 11.2. The van der Waals surface area contributed by atoms with Crippen molar-refractivity contribution in [2.45, 2.75) is 6.92 Å². The summed E-state index contributed by atoms with van der Waals surface area (Å²) in [6.45, 7) is 1.95. The van der Waals surface area contributed by atoms with Crippen molar-refractivity contribution in [2.75, 3.05) is 0 Å². The van der Waals surface area contributed by atoms with Crippen LogP contribution in [-0.4, -0.2) is 5.78 Å². The maximum absolute atomic E-state index is 13.1. The average molecular weight is 333 g/mol. The quantitative estimate of drug-likeness (QED) is 0.626. The Hall–Kier alpha value is -1.94. The molecule has 1 heterocycles. The lowest BCUT2D eigenvalue weighted by Gasteiger charge is -2.02. The van der Waals surface area contributed by atoms with E-state index in [1.54, 1.807) is 12.1 Å². The highest BCUT2D eigenvalue weighted by Crippen LogP contribution is 2.26. The first-order valence-electron chi connectivity index (χ1n) is 6.04. The van der Waals surface area contributed by atoms with E-state index in [4.69, 9.17) is 4.42 Å². The van der Waals surface area contributed by atoms with Crippen molar-refractivity contribution < 1.29 is 13.6 Å². The lowest BCUT2D eigenvalue weighted by molar-refractivity contribution is 0.101. The number of carbonyl (C=O) groups is 1. The Morgan fingerprint density at radius 1 is 1.15 bits per heavy atom. The van der Waals surface area contributed by atoms with Gasteiger partial charge in [0.2, 0.25) is 5.78 Å². The highest BCUT2D eigenvalue weighted by atomic mass is 79.9. The number of carbonyl (C=O) groups excluding carboxylic acids is 1. The van der Waals surface area contributed by atoms with Crippen LogP contribution in [0.5, 0.6) is 0 Å². The molecule has 3 aromatic rings. The van der Waals surface area contributed by atoms with Gasteiger partial charge in [0.1, 0.15) is 11.4 Å². The number of furan rings is 1. The van der Waals surface area contributed by atoms with E-state index in [1.807, 2.05) is 19.1 Å². The fraction of sp³-hybridized carbons (Fsp3) is 0.0625. The number of hydrogen-bond acceptors (Lipinski definition) is 2. The highest BCUT2D eigenvalue weighted by molar-refractivity contribution is 9.10. The van der Waals surface area contributed by atoms with Gasteiger partial charge in [-0.25, -0.2) is 4.39 Å². The number of halogens is 2. The molecular formula is C16H10BrFO2. The van der Waals surface area contributed by atoms with Crippen LogP contribution >= 0.6 is 15.9 Å². The van der Waals surface area contributed by atoms with E-state index < -0.39 is 0 Å². The Morgan fingerprint density at radius 2 is 1.95 bits per heavy atom. The van der Waals surface area contributed by atoms with Gasteiger partial charge in [-0.3, -0.25) is 4.79 Å². The van der Waals surface area contributed by atoms with Crippen molar-refractivity contribution in [1.29, 1.82) is 0 Å². The van der Waals surface area contributed by atoms with E-state index in [1.165, 1.54) is 18.2 Å². The van der Waals surface area contributed by atoms with Gasteiger partial charge in [-0.2, -0.15) is 0 Å². The van der Waals surface area contributed by atoms with Crippen LogP contribution in [0.25, 0.3) is 11.0 Å². The molecule has 20 heavy (non-hydrogen) atoms. The van der Waals surface area contributed by atoms with Crippen LogP contribution in [0.3, 0.4) is 0 Å². The van der Waals surface area contributed by atoms with E-state index in [9.17, 15) is 9.18 Å². The summed E-state index contributed by atoms with van der Waals surface area (Å²) in [6.07, 6.45) is 0. The Kier molecular flexibility index (Phi) is 3.18. The minimum absolute atomic E-state index is 0.204. The van der Waals surface area contributed by atoms with Crippen molar-refractivity contribution in [3.63, 3.8) is 0 Å². The van der Waals surface area contributed by atoms with Gasteiger partial charge in [0, 0.05) is 15.4 Å². The van der Waals surface area contributed by atoms with Crippen LogP contribution in [0.2, 0.25) is 0 Å². The standard InChI is InChI=1S/C16H10BrFO2/c1-9-2-4-12(13(17)6-9)16(19)15-8-10-7-11(18)3-5-14(10)20-15/h2-8H,1H3. The van der Waals surface area contributed by atoms with Gasteiger partial charge in [-0.15, -0.1) is 0 Å². The Balaban J connectivity index is 2.08. The first-order valence-corrected chi connectivity index (χ1v) is 6.84. The zero-order chi connectivity index (χ0) is 14.3. The van der Waals surface area contributed by atoms with Crippen molar-refractivity contribution in [2.24, 2.45) is 0 Å². The second kappa shape index (κ2) is 4.87. The highest BCUT2D eigenvalue weighted by Gasteiger charge is 2.17. The molecule has 0 unspecified atom stereocenters. The largest absolute Gasteiger partial charge is 0.453 e. The predicted octanol–water partition coefficient (Wildman–Crippen LogP) is 4.87. The molecular weight excluding hydrogens is 323 g/mol. The maximum atomic E-state index is 13.1. The second-order valence-electron chi connectivity index (χ2n) is 4.61. The molecule has 3 rings (SSSR count). The molecule has 4 heteroatoms. The van der Waals surface area contributed by atoms with Crippen molar-refractivity contribution in [3.8, 4) is 0 Å². The summed E-state index contributed by atoms with van der Waals surface area (Å²) < 4.78 is 19.3. The molecule has 0 aliphatic heterocycles. The normalized spacial score (nSPS) is 10.9. The summed E-state index contributed by atoms with van der Waals surface area (Å²) in [5, 5.41) is 0.580. The van der Waals surface area contributed by atoms with E-state index in [2.05, 4.69) is 15.9 Å². The van der Waals surface area contributed by atoms with Crippen LogP contribution in [0.4, 0.5) is 4.39 Å². The molecule has 100 valence electrons. The van der Waals surface area contributed by atoms with E-state index in [-0.39, 0.29) is 17.4 Å². The summed E-state index contributed by atoms with van der Waals surface area (Å²) in [5.41, 5.74) is 2.08. The zero-order valence-corrected chi connectivity index (χ0v) is 12.2. The minimum atomic E-state index is -0.353. The molecule has 0 atom stereocenters. The SMILES string of the molecule is Cc1ccc(C(=O)c2cc3cc(F)ccc3o2)c(Br)c1. The lowest BCUT2D eigenvalue weighted by Crippen LogP contribution is -2.00. The summed E-state index contributed by atoms with van der Waals surface area (Å²) >= 11 is 3.38. The second-order valence-corrected chi connectivity index (χ2v) is 5.46. The molecule has 0 radical (unpaired) electrons. The van der Waals surface area contributed by atoms with Gasteiger partial charge >= 0.3 is 0 Å². The van der Waals surface area contributed by atoms with E-state index in [0.717, 1.165) is 5.56 Å². The average Bonchev–Trinajstić information content (AvgIpc) is 2.81. The monoisotopic (exact) mass is 332 g/mol. The van der Waals surface area contributed by atoms with Crippen molar-refractivity contribution in [3.05, 3.63) is 69.6 Å². The summed E-state index contributed by atoms with van der Waals surface area (Å²) in [5.74, 6) is -0.377. The molecule has 0 spiro atoms. The van der Waals surface area contributed by atoms with Gasteiger partial charge in [-0.1, -0.05) is 22.0 Å². The molecule has 2 nitrogen and oxygen atoms in total. The van der Waals surface area contributed by atoms with Gasteiger partial charge in [-0.05, 0) is 48.9 Å². The minimum Gasteiger partial charge on any atom is -0.453 e. The van der Waals surface area contributed by atoms with Gasteiger partial charge < -0.3 is 4.42 Å². The van der Waals surface area contributed by atoms with Gasteiger partial charge in [0.15, 0.2) is 5.76 Å². The van der Waals surface area contributed by atoms with Crippen LogP contribution < -0.4 is 0 Å². The summed E-state index contributed by atoms with van der Waals surface area (Å²) in [4.78, 5) is 12.4. The molecule has 0 aliphatic carbocycles. The molecule has 2 aromatic carbocycles. The predicted molar refractivity (Wildman–Crippen MR) is 78.5 cm³/mol. The third kappa shape index (κ3) is 2.27. The molecule has 0 saturated heterocycles. The molecule has 1 aromatic heterocycles. The Bertz CT molecular complexity index is 820. The van der Waals surface area contributed by atoms with Crippen LogP contribution in [-0.2, 0) is 0 Å². The molecule has 0 aliphatic rings. The first-order chi connectivity index (χ1) is 9.54. The Morgan fingerprint density at radius 3 is 2.70 bits per heavy atom. The smallest absolute Gasteiger partial charge is 0.229 e. The number of rotatable bonds is 2. The number of aryl methyl sites for hydroxylation is 1. The molecule has 0 fully saturated rings. The molecule has 0 bridgehead atoms. The summed E-state index contributed by atoms with van der Waals surface area (Å²) in [7, 11) is 0. The fourth-order valence-electron chi connectivity index (χ4n) is 2.06. The van der Waals surface area contributed by atoms with Crippen LogP contribution in [0, 0.1) is 12.7 Å². The maximum Gasteiger partial charge on any atom is 0.229 e. The lowest BCUT2D eigenvalue weighted by atomic mass is 10.1. The number of ketones is 1. The number of fused-ring (bicyclic) bond motifs is 1. The zero-order valence-electron chi connectivity index (χ0n) is 10.6. The Labute approximate surface area is 123 Å². The molecule has 0 amide bonds. The number of hydrogen-bond donors (Lipinski definition) is 0. The van der Waals surface area contributed by atoms with E-state index >= 15 is 0 Å². The van der Waals surface area contributed by atoms with Crippen molar-refractivity contribution >= 4 is 32.7 Å². The number of benzene rings is 2. The van der Waals surface area contributed by atoms with Crippen LogP contribution in [0.15, 0.2) is 51.4 Å². The van der Waals surface area contributed by atoms with Gasteiger partial charge in [0.25, 0.3) is 0 Å². The molecule has 0 N–H and O–H groups in total. The van der Waals surface area contributed by atoms with Crippen molar-refractivity contribution in [1.82, 2.24) is 0 Å². The first kappa shape index (κ1) is 13.1. The van der Waals surface area contributed by atoms with Crippen LogP contribution in [0.1, 0.15) is 21.7 Å². The van der Waals surface area contributed by atoms with Gasteiger partial charge in [0.05, 0.1) is 0 Å².